The number of morpholine rings is 1. The number of nitrogens with one attached hydrogen (secondary N) is 1. The van der Waals surface area contributed by atoms with Gasteiger partial charge in [0.2, 0.25) is 11.8 Å². The molecule has 1 aromatic carbocycles. The summed E-state index contributed by atoms with van der Waals surface area (Å²) >= 11 is 1.64. The Bertz CT molecular complexity index is 489. The van der Waals surface area contributed by atoms with Crippen LogP contribution in [0.25, 0.3) is 0 Å². The standard InChI is InChI=1S/C16H22N2O3S/c1-13(16(20)18-8-10-21-11-9-18)17-15(19)7-12-22-14-5-3-2-4-6-14/h2-6,13H,7-12H2,1H3,(H,17,19). The summed E-state index contributed by atoms with van der Waals surface area (Å²) in [5, 5.41) is 2.78. The number of amides is 2. The molecular formula is C16H22N2O3S. The van der Waals surface area contributed by atoms with Gasteiger partial charge in [0.1, 0.15) is 6.04 Å². The molecule has 1 heterocycles. The molecule has 1 unspecified atom stereocenters. The molecule has 1 fully saturated rings. The van der Waals surface area contributed by atoms with E-state index in [0.29, 0.717) is 38.5 Å². The normalized spacial score (nSPS) is 16.1. The van der Waals surface area contributed by atoms with Crippen LogP contribution in [0.1, 0.15) is 13.3 Å². The molecule has 0 spiro atoms. The van der Waals surface area contributed by atoms with Crippen molar-refractivity contribution < 1.29 is 14.3 Å². The van der Waals surface area contributed by atoms with Gasteiger partial charge in [-0.05, 0) is 19.1 Å². The number of carbonyl (C=O) groups is 2. The second-order valence-electron chi connectivity index (χ2n) is 5.14. The molecule has 0 bridgehead atoms. The summed E-state index contributed by atoms with van der Waals surface area (Å²) in [4.78, 5) is 27.0. The van der Waals surface area contributed by atoms with Gasteiger partial charge >= 0.3 is 0 Å². The Morgan fingerprint density at radius 2 is 1.95 bits per heavy atom. The molecule has 1 atom stereocenters. The van der Waals surface area contributed by atoms with Gasteiger partial charge in [0.15, 0.2) is 0 Å². The summed E-state index contributed by atoms with van der Waals surface area (Å²) < 4.78 is 5.22. The fourth-order valence-corrected chi connectivity index (χ4v) is 3.08. The molecule has 2 rings (SSSR count). The number of ether oxygens (including phenoxy) is 1. The van der Waals surface area contributed by atoms with Crippen LogP contribution in [0.2, 0.25) is 0 Å². The molecule has 1 N–H and O–H groups in total. The van der Waals surface area contributed by atoms with Crippen LogP contribution >= 0.6 is 11.8 Å². The molecule has 0 saturated carbocycles. The number of hydrogen-bond acceptors (Lipinski definition) is 4. The van der Waals surface area contributed by atoms with Gasteiger partial charge < -0.3 is 15.0 Å². The van der Waals surface area contributed by atoms with Crippen LogP contribution < -0.4 is 5.32 Å². The van der Waals surface area contributed by atoms with Crippen molar-refractivity contribution in [3.63, 3.8) is 0 Å². The Morgan fingerprint density at radius 3 is 2.64 bits per heavy atom. The number of rotatable bonds is 6. The third-order valence-electron chi connectivity index (χ3n) is 3.41. The molecule has 1 aromatic rings. The molecular weight excluding hydrogens is 300 g/mol. The predicted octanol–water partition coefficient (Wildman–Crippen LogP) is 1.53. The van der Waals surface area contributed by atoms with E-state index in [9.17, 15) is 9.59 Å². The Hall–Kier alpha value is -1.53. The van der Waals surface area contributed by atoms with Crippen molar-refractivity contribution in [3.05, 3.63) is 30.3 Å². The third-order valence-corrected chi connectivity index (χ3v) is 4.43. The lowest BCUT2D eigenvalue weighted by atomic mass is 10.2. The third kappa shape index (κ3) is 5.35. The van der Waals surface area contributed by atoms with E-state index >= 15 is 0 Å². The highest BCUT2D eigenvalue weighted by molar-refractivity contribution is 7.99. The molecule has 0 radical (unpaired) electrons. The minimum Gasteiger partial charge on any atom is -0.378 e. The van der Waals surface area contributed by atoms with E-state index in [0.717, 1.165) is 4.90 Å². The zero-order valence-electron chi connectivity index (χ0n) is 12.8. The van der Waals surface area contributed by atoms with Crippen molar-refractivity contribution in [2.75, 3.05) is 32.1 Å². The maximum Gasteiger partial charge on any atom is 0.245 e. The summed E-state index contributed by atoms with van der Waals surface area (Å²) in [6.45, 7) is 4.08. The molecule has 6 heteroatoms. The van der Waals surface area contributed by atoms with Crippen molar-refractivity contribution in [1.29, 1.82) is 0 Å². The highest BCUT2D eigenvalue weighted by Crippen LogP contribution is 2.17. The first-order valence-corrected chi connectivity index (χ1v) is 8.49. The van der Waals surface area contributed by atoms with E-state index in [-0.39, 0.29) is 11.8 Å². The fraction of sp³-hybridized carbons (Fsp3) is 0.500. The average Bonchev–Trinajstić information content (AvgIpc) is 2.56. The smallest absolute Gasteiger partial charge is 0.245 e. The lowest BCUT2D eigenvalue weighted by Crippen LogP contribution is -2.50. The first-order chi connectivity index (χ1) is 10.7. The SMILES string of the molecule is CC(NC(=O)CCSc1ccccc1)C(=O)N1CCOCC1. The second-order valence-corrected chi connectivity index (χ2v) is 6.31. The first-order valence-electron chi connectivity index (χ1n) is 7.50. The zero-order valence-corrected chi connectivity index (χ0v) is 13.6. The van der Waals surface area contributed by atoms with Crippen LogP contribution in [0.4, 0.5) is 0 Å². The molecule has 0 aliphatic carbocycles. The zero-order chi connectivity index (χ0) is 15.8. The highest BCUT2D eigenvalue weighted by atomic mass is 32.2. The number of carbonyl (C=O) groups excluding carboxylic acids is 2. The quantitative estimate of drug-likeness (QED) is 0.807. The highest BCUT2D eigenvalue weighted by Gasteiger charge is 2.23. The van der Waals surface area contributed by atoms with Crippen LogP contribution in [0.5, 0.6) is 0 Å². The Balaban J connectivity index is 1.68. The van der Waals surface area contributed by atoms with Crippen LogP contribution in [0.15, 0.2) is 35.2 Å². The Labute approximate surface area is 135 Å². The summed E-state index contributed by atoms with van der Waals surface area (Å²) in [5.41, 5.74) is 0. The predicted molar refractivity (Wildman–Crippen MR) is 86.8 cm³/mol. The monoisotopic (exact) mass is 322 g/mol. The van der Waals surface area contributed by atoms with Crippen LogP contribution in [-0.2, 0) is 14.3 Å². The van der Waals surface area contributed by atoms with Crippen molar-refractivity contribution in [3.8, 4) is 0 Å². The van der Waals surface area contributed by atoms with Gasteiger partial charge in [-0.2, -0.15) is 0 Å². The topological polar surface area (TPSA) is 58.6 Å². The van der Waals surface area contributed by atoms with E-state index in [1.165, 1.54) is 0 Å². The van der Waals surface area contributed by atoms with E-state index in [2.05, 4.69) is 5.32 Å². The summed E-state index contributed by atoms with van der Waals surface area (Å²) in [5.74, 6) is 0.582. The molecule has 1 aliphatic heterocycles. The van der Waals surface area contributed by atoms with Crippen molar-refractivity contribution in [1.82, 2.24) is 10.2 Å². The molecule has 0 aromatic heterocycles. The molecule has 1 aliphatic rings. The van der Waals surface area contributed by atoms with Crippen LogP contribution in [0, 0.1) is 0 Å². The van der Waals surface area contributed by atoms with Gasteiger partial charge in [-0.3, -0.25) is 9.59 Å². The van der Waals surface area contributed by atoms with Crippen LogP contribution in [-0.4, -0.2) is 54.8 Å². The first kappa shape index (κ1) is 16.8. The molecule has 120 valence electrons. The van der Waals surface area contributed by atoms with Gasteiger partial charge in [0.25, 0.3) is 0 Å². The van der Waals surface area contributed by atoms with E-state index in [1.807, 2.05) is 30.3 Å². The van der Waals surface area contributed by atoms with Gasteiger partial charge in [-0.15, -0.1) is 11.8 Å². The second kappa shape index (κ2) is 8.80. The largest absolute Gasteiger partial charge is 0.378 e. The van der Waals surface area contributed by atoms with Gasteiger partial charge in [0.05, 0.1) is 13.2 Å². The fourth-order valence-electron chi connectivity index (χ4n) is 2.21. The van der Waals surface area contributed by atoms with Gasteiger partial charge in [0, 0.05) is 30.2 Å². The van der Waals surface area contributed by atoms with E-state index in [1.54, 1.807) is 23.6 Å². The maximum absolute atomic E-state index is 12.2. The maximum atomic E-state index is 12.2. The summed E-state index contributed by atoms with van der Waals surface area (Å²) in [7, 11) is 0. The lowest BCUT2D eigenvalue weighted by Gasteiger charge is -2.29. The van der Waals surface area contributed by atoms with E-state index < -0.39 is 6.04 Å². The average molecular weight is 322 g/mol. The summed E-state index contributed by atoms with van der Waals surface area (Å²) in [6.07, 6.45) is 0.403. The minimum absolute atomic E-state index is 0.0348. The number of hydrogen-bond donors (Lipinski definition) is 1. The molecule has 1 saturated heterocycles. The number of thioether (sulfide) groups is 1. The Kier molecular flexibility index (Phi) is 6.74. The molecule has 22 heavy (non-hydrogen) atoms. The van der Waals surface area contributed by atoms with Gasteiger partial charge in [-0.25, -0.2) is 0 Å². The molecule has 2 amide bonds. The lowest BCUT2D eigenvalue weighted by molar-refractivity contribution is -0.139. The van der Waals surface area contributed by atoms with Gasteiger partial charge in [-0.1, -0.05) is 18.2 Å². The van der Waals surface area contributed by atoms with Crippen molar-refractivity contribution in [2.24, 2.45) is 0 Å². The number of benzene rings is 1. The van der Waals surface area contributed by atoms with E-state index in [4.69, 9.17) is 4.74 Å². The van der Waals surface area contributed by atoms with Crippen LogP contribution in [0.3, 0.4) is 0 Å². The van der Waals surface area contributed by atoms with Crippen molar-refractivity contribution in [2.45, 2.75) is 24.3 Å². The summed E-state index contributed by atoms with van der Waals surface area (Å²) in [6, 6.07) is 9.49. The van der Waals surface area contributed by atoms with Crippen molar-refractivity contribution >= 4 is 23.6 Å². The minimum atomic E-state index is -0.479. The molecule has 5 nitrogen and oxygen atoms in total. The Morgan fingerprint density at radius 1 is 1.27 bits per heavy atom. The number of nitrogens with zero attached hydrogens (tertiary/aromatic N) is 1.